The summed E-state index contributed by atoms with van der Waals surface area (Å²) in [4.78, 5) is 14.6. The summed E-state index contributed by atoms with van der Waals surface area (Å²) in [5.41, 5.74) is 1.14. The first kappa shape index (κ1) is 21.5. The fraction of sp³-hybridized carbons (Fsp3) is 0.391. The number of rotatable bonds is 6. The minimum absolute atomic E-state index is 0.394. The van der Waals surface area contributed by atoms with Crippen LogP contribution >= 0.6 is 11.3 Å². The van der Waals surface area contributed by atoms with Crippen LogP contribution in [0.1, 0.15) is 16.5 Å². The molecule has 1 saturated heterocycles. The number of guanidine groups is 1. The number of anilines is 1. The van der Waals surface area contributed by atoms with E-state index >= 15 is 0 Å². The average molecular weight is 439 g/mol. The molecular weight excluding hydrogens is 408 g/mol. The Labute approximate surface area is 187 Å². The molecule has 0 aliphatic carbocycles. The molecule has 1 atom stereocenters. The second-order valence-electron chi connectivity index (χ2n) is 7.79. The van der Waals surface area contributed by atoms with Crippen molar-refractivity contribution >= 4 is 33.2 Å². The number of fused-ring (bicyclic) bond motifs is 1. The number of aliphatic hydroxyl groups is 1. The Bertz CT molecular complexity index is 995. The van der Waals surface area contributed by atoms with Crippen LogP contribution in [-0.4, -0.2) is 67.8 Å². The zero-order chi connectivity index (χ0) is 21.6. The number of hydrogen-bond acceptors (Lipinski definition) is 6. The molecule has 0 saturated carbocycles. The predicted molar refractivity (Wildman–Crippen MR) is 129 cm³/mol. The van der Waals surface area contributed by atoms with Gasteiger partial charge in [-0.3, -0.25) is 4.99 Å². The number of pyridine rings is 1. The number of hydrogen-bond donors (Lipinski definition) is 3. The summed E-state index contributed by atoms with van der Waals surface area (Å²) in [5, 5.41) is 18.4. The minimum atomic E-state index is -0.588. The third-order valence-corrected chi connectivity index (χ3v) is 6.79. The lowest BCUT2D eigenvalue weighted by Crippen LogP contribution is -2.45. The minimum Gasteiger partial charge on any atom is -0.386 e. The van der Waals surface area contributed by atoms with Crippen LogP contribution in [0.4, 0.5) is 5.82 Å². The van der Waals surface area contributed by atoms with Gasteiger partial charge >= 0.3 is 0 Å². The lowest BCUT2D eigenvalue weighted by atomic mass is 10.2. The summed E-state index contributed by atoms with van der Waals surface area (Å²) in [5.74, 6) is 1.69. The lowest BCUT2D eigenvalue weighted by Gasteiger charge is -2.34. The molecule has 4 rings (SSSR count). The molecule has 0 amide bonds. The standard InChI is InChI=1S/C23H30N6OS/c1-24-23(27-16-19(30)21-14-17-6-3-4-8-20(17)31-21)26-15-18-7-5-9-25-22(18)29-12-10-28(2)11-13-29/h3-9,14,19,30H,10-13,15-16H2,1-2H3,(H2,24,26,27). The quantitative estimate of drug-likeness (QED) is 0.405. The number of nitrogens with one attached hydrogen (secondary N) is 2. The smallest absolute Gasteiger partial charge is 0.191 e. The number of piperazine rings is 1. The Kier molecular flexibility index (Phi) is 7.01. The summed E-state index contributed by atoms with van der Waals surface area (Å²) in [7, 11) is 3.90. The molecule has 31 heavy (non-hydrogen) atoms. The van der Waals surface area contributed by atoms with E-state index in [9.17, 15) is 5.11 Å². The molecule has 1 aromatic carbocycles. The number of benzene rings is 1. The third kappa shape index (κ3) is 5.33. The van der Waals surface area contributed by atoms with Crippen molar-refractivity contribution in [3.63, 3.8) is 0 Å². The van der Waals surface area contributed by atoms with E-state index in [4.69, 9.17) is 0 Å². The summed E-state index contributed by atoms with van der Waals surface area (Å²) < 4.78 is 1.19. The Hall–Kier alpha value is -2.68. The molecule has 0 bridgehead atoms. The van der Waals surface area contributed by atoms with Crippen LogP contribution in [0.25, 0.3) is 10.1 Å². The monoisotopic (exact) mass is 438 g/mol. The van der Waals surface area contributed by atoms with Gasteiger partial charge in [0.25, 0.3) is 0 Å². The zero-order valence-corrected chi connectivity index (χ0v) is 18.9. The first-order valence-electron chi connectivity index (χ1n) is 10.6. The molecule has 1 unspecified atom stereocenters. The average Bonchev–Trinajstić information content (AvgIpc) is 3.24. The zero-order valence-electron chi connectivity index (χ0n) is 18.1. The van der Waals surface area contributed by atoms with Gasteiger partial charge in [0.2, 0.25) is 0 Å². The number of aromatic nitrogens is 1. The summed E-state index contributed by atoms with van der Waals surface area (Å²) >= 11 is 1.63. The molecule has 3 N–H and O–H groups in total. The molecular formula is C23H30N6OS. The maximum atomic E-state index is 10.6. The number of aliphatic hydroxyl groups excluding tert-OH is 1. The summed E-state index contributed by atoms with van der Waals surface area (Å²) in [6.07, 6.45) is 1.27. The maximum Gasteiger partial charge on any atom is 0.191 e. The Morgan fingerprint density at radius 1 is 1.16 bits per heavy atom. The number of aliphatic imine (C=N–C) groups is 1. The Morgan fingerprint density at radius 2 is 1.97 bits per heavy atom. The van der Waals surface area contributed by atoms with Gasteiger partial charge in [0.1, 0.15) is 11.9 Å². The maximum absolute atomic E-state index is 10.6. The fourth-order valence-corrected chi connectivity index (χ4v) is 4.78. The van der Waals surface area contributed by atoms with Gasteiger partial charge in [-0.05, 0) is 30.6 Å². The summed E-state index contributed by atoms with van der Waals surface area (Å²) in [6.45, 7) is 5.06. The second-order valence-corrected chi connectivity index (χ2v) is 8.90. The van der Waals surface area contributed by atoms with E-state index < -0.39 is 6.10 Å². The second kappa shape index (κ2) is 10.1. The van der Waals surface area contributed by atoms with Crippen molar-refractivity contribution in [3.8, 4) is 0 Å². The van der Waals surface area contributed by atoms with Crippen molar-refractivity contribution in [3.05, 3.63) is 59.1 Å². The molecule has 2 aromatic heterocycles. The van der Waals surface area contributed by atoms with Gasteiger partial charge in [-0.15, -0.1) is 11.3 Å². The van der Waals surface area contributed by atoms with E-state index in [1.54, 1.807) is 18.4 Å². The van der Waals surface area contributed by atoms with Gasteiger partial charge in [0.05, 0.1) is 0 Å². The highest BCUT2D eigenvalue weighted by Gasteiger charge is 2.18. The fourth-order valence-electron chi connectivity index (χ4n) is 3.73. The van der Waals surface area contributed by atoms with Gasteiger partial charge in [-0.25, -0.2) is 4.98 Å². The Morgan fingerprint density at radius 3 is 2.74 bits per heavy atom. The van der Waals surface area contributed by atoms with Gasteiger partial charge in [-0.1, -0.05) is 24.3 Å². The van der Waals surface area contributed by atoms with Crippen molar-refractivity contribution in [2.45, 2.75) is 12.6 Å². The van der Waals surface area contributed by atoms with E-state index in [2.05, 4.69) is 61.7 Å². The Balaban J connectivity index is 1.34. The number of likely N-dealkylation sites (N-methyl/N-ethyl adjacent to an activating group) is 1. The van der Waals surface area contributed by atoms with E-state index in [1.807, 2.05) is 24.4 Å². The molecule has 3 heterocycles. The molecule has 1 aliphatic heterocycles. The summed E-state index contributed by atoms with van der Waals surface area (Å²) in [6, 6.07) is 14.3. The van der Waals surface area contributed by atoms with Gasteiger partial charge in [0, 0.05) is 67.7 Å². The van der Waals surface area contributed by atoms with E-state index in [1.165, 1.54) is 4.70 Å². The third-order valence-electron chi connectivity index (χ3n) is 5.58. The molecule has 7 nitrogen and oxygen atoms in total. The van der Waals surface area contributed by atoms with Gasteiger partial charge in [-0.2, -0.15) is 0 Å². The van der Waals surface area contributed by atoms with Crippen LogP contribution in [-0.2, 0) is 6.54 Å². The van der Waals surface area contributed by atoms with Crippen molar-refractivity contribution < 1.29 is 5.11 Å². The van der Waals surface area contributed by atoms with Crippen molar-refractivity contribution in [2.24, 2.45) is 4.99 Å². The van der Waals surface area contributed by atoms with Crippen LogP contribution in [0.3, 0.4) is 0 Å². The molecule has 0 radical (unpaired) electrons. The molecule has 3 aromatic rings. The van der Waals surface area contributed by atoms with Crippen LogP contribution in [0.15, 0.2) is 53.7 Å². The van der Waals surface area contributed by atoms with Crippen molar-refractivity contribution in [1.82, 2.24) is 20.5 Å². The molecule has 8 heteroatoms. The largest absolute Gasteiger partial charge is 0.386 e. The van der Waals surface area contributed by atoms with Gasteiger partial charge < -0.3 is 25.5 Å². The highest BCUT2D eigenvalue weighted by Crippen LogP contribution is 2.29. The lowest BCUT2D eigenvalue weighted by molar-refractivity contribution is 0.184. The first-order chi connectivity index (χ1) is 15.1. The number of thiophene rings is 1. The topological polar surface area (TPSA) is 76.0 Å². The normalized spacial score (nSPS) is 16.5. The van der Waals surface area contributed by atoms with E-state index in [-0.39, 0.29) is 0 Å². The number of nitrogens with zero attached hydrogens (tertiary/aromatic N) is 4. The molecule has 1 aliphatic rings. The van der Waals surface area contributed by atoms with Crippen molar-refractivity contribution in [2.75, 3.05) is 51.7 Å². The predicted octanol–water partition coefficient (Wildman–Crippen LogP) is 2.45. The van der Waals surface area contributed by atoms with Crippen LogP contribution in [0.2, 0.25) is 0 Å². The van der Waals surface area contributed by atoms with Crippen LogP contribution < -0.4 is 15.5 Å². The van der Waals surface area contributed by atoms with Crippen molar-refractivity contribution in [1.29, 1.82) is 0 Å². The highest BCUT2D eigenvalue weighted by atomic mass is 32.1. The molecule has 164 valence electrons. The van der Waals surface area contributed by atoms with E-state index in [0.29, 0.717) is 19.0 Å². The van der Waals surface area contributed by atoms with Crippen LogP contribution in [0, 0.1) is 0 Å². The first-order valence-corrected chi connectivity index (χ1v) is 11.4. The van der Waals surface area contributed by atoms with E-state index in [0.717, 1.165) is 47.8 Å². The highest BCUT2D eigenvalue weighted by molar-refractivity contribution is 7.19. The van der Waals surface area contributed by atoms with Gasteiger partial charge in [0.15, 0.2) is 5.96 Å². The van der Waals surface area contributed by atoms with Crippen LogP contribution in [0.5, 0.6) is 0 Å². The SMILES string of the molecule is CN=C(NCc1cccnc1N1CCN(C)CC1)NCC(O)c1cc2ccccc2s1. The molecule has 0 spiro atoms. The molecule has 1 fully saturated rings.